The summed E-state index contributed by atoms with van der Waals surface area (Å²) in [4.78, 5) is 16.4. The van der Waals surface area contributed by atoms with Crippen molar-refractivity contribution < 1.29 is 4.79 Å². The van der Waals surface area contributed by atoms with Crippen molar-refractivity contribution in [2.24, 2.45) is 0 Å². The molecule has 0 aliphatic rings. The molecule has 0 aliphatic carbocycles. The zero-order chi connectivity index (χ0) is 13.2. The second-order valence-electron chi connectivity index (χ2n) is 3.86. The summed E-state index contributed by atoms with van der Waals surface area (Å²) in [6.45, 7) is 2.20. The molecule has 3 aromatic rings. The summed E-state index contributed by atoms with van der Waals surface area (Å²) in [6.07, 6.45) is 3.17. The quantitative estimate of drug-likeness (QED) is 0.764. The summed E-state index contributed by atoms with van der Waals surface area (Å²) < 4.78 is 1.67. The second-order valence-corrected chi connectivity index (χ2v) is 4.90. The van der Waals surface area contributed by atoms with E-state index < -0.39 is 0 Å². The third-order valence-electron chi connectivity index (χ3n) is 2.53. The SMILES string of the molecule is Cc1nnc2sc(CNC(=O)c3ccncc3)nn12. The van der Waals surface area contributed by atoms with Gasteiger partial charge < -0.3 is 5.32 Å². The van der Waals surface area contributed by atoms with E-state index in [-0.39, 0.29) is 5.91 Å². The normalized spacial score (nSPS) is 10.8. The van der Waals surface area contributed by atoms with Crippen molar-refractivity contribution in [2.45, 2.75) is 13.5 Å². The monoisotopic (exact) mass is 274 g/mol. The first-order chi connectivity index (χ1) is 9.24. The van der Waals surface area contributed by atoms with Gasteiger partial charge in [0.1, 0.15) is 5.01 Å². The Morgan fingerprint density at radius 1 is 1.37 bits per heavy atom. The summed E-state index contributed by atoms with van der Waals surface area (Å²) in [5, 5.41) is 15.8. The van der Waals surface area contributed by atoms with Gasteiger partial charge in [0.25, 0.3) is 5.91 Å². The minimum atomic E-state index is -0.148. The smallest absolute Gasteiger partial charge is 0.251 e. The first-order valence-electron chi connectivity index (χ1n) is 5.60. The van der Waals surface area contributed by atoms with Crippen molar-refractivity contribution in [3.63, 3.8) is 0 Å². The Morgan fingerprint density at radius 3 is 2.89 bits per heavy atom. The van der Waals surface area contributed by atoms with Gasteiger partial charge in [-0.25, -0.2) is 0 Å². The van der Waals surface area contributed by atoms with Crippen LogP contribution in [-0.4, -0.2) is 30.7 Å². The molecule has 0 bridgehead atoms. The maximum Gasteiger partial charge on any atom is 0.251 e. The maximum absolute atomic E-state index is 11.8. The lowest BCUT2D eigenvalue weighted by Gasteiger charge is -2.01. The van der Waals surface area contributed by atoms with Gasteiger partial charge in [-0.2, -0.15) is 9.61 Å². The number of aryl methyl sites for hydroxylation is 1. The number of carbonyl (C=O) groups excluding carboxylic acids is 1. The van der Waals surface area contributed by atoms with Crippen LogP contribution in [0, 0.1) is 6.92 Å². The standard InChI is InChI=1S/C11H10N6OS/c1-7-14-15-11-17(7)16-9(19-11)6-13-10(18)8-2-4-12-5-3-8/h2-5H,6H2,1H3,(H,13,18). The summed E-state index contributed by atoms with van der Waals surface area (Å²) in [7, 11) is 0. The molecular formula is C11H10N6OS. The van der Waals surface area contributed by atoms with Crippen molar-refractivity contribution in [1.82, 2.24) is 30.1 Å². The van der Waals surface area contributed by atoms with Gasteiger partial charge in [-0.1, -0.05) is 11.3 Å². The lowest BCUT2D eigenvalue weighted by atomic mass is 10.2. The number of hydrogen-bond donors (Lipinski definition) is 1. The highest BCUT2D eigenvalue weighted by Crippen LogP contribution is 2.13. The highest BCUT2D eigenvalue weighted by Gasteiger charge is 2.10. The van der Waals surface area contributed by atoms with Gasteiger partial charge in [0.05, 0.1) is 6.54 Å². The molecule has 3 rings (SSSR count). The molecule has 3 aromatic heterocycles. The Hall–Kier alpha value is -2.35. The molecule has 0 spiro atoms. The lowest BCUT2D eigenvalue weighted by Crippen LogP contribution is -2.22. The number of nitrogens with one attached hydrogen (secondary N) is 1. The Morgan fingerprint density at radius 2 is 2.16 bits per heavy atom. The Balaban J connectivity index is 1.70. The molecule has 0 unspecified atom stereocenters. The molecule has 3 heterocycles. The zero-order valence-electron chi connectivity index (χ0n) is 10.1. The predicted molar refractivity (Wildman–Crippen MR) is 68.8 cm³/mol. The van der Waals surface area contributed by atoms with E-state index in [0.717, 1.165) is 15.8 Å². The van der Waals surface area contributed by atoms with Gasteiger partial charge in [0, 0.05) is 18.0 Å². The molecule has 0 aromatic carbocycles. The summed E-state index contributed by atoms with van der Waals surface area (Å²) in [5.41, 5.74) is 0.578. The highest BCUT2D eigenvalue weighted by molar-refractivity contribution is 7.16. The van der Waals surface area contributed by atoms with Crippen LogP contribution in [0.2, 0.25) is 0 Å². The fourth-order valence-corrected chi connectivity index (χ4v) is 2.41. The fourth-order valence-electron chi connectivity index (χ4n) is 1.59. The number of hydrogen-bond acceptors (Lipinski definition) is 6. The summed E-state index contributed by atoms with van der Waals surface area (Å²) in [6, 6.07) is 3.33. The van der Waals surface area contributed by atoms with Crippen LogP contribution in [0.25, 0.3) is 4.96 Å². The minimum Gasteiger partial charge on any atom is -0.345 e. The number of amides is 1. The molecule has 0 aliphatic heterocycles. The van der Waals surface area contributed by atoms with Crippen LogP contribution in [0.15, 0.2) is 24.5 Å². The van der Waals surface area contributed by atoms with Crippen LogP contribution in [0.5, 0.6) is 0 Å². The van der Waals surface area contributed by atoms with Crippen molar-refractivity contribution in [3.8, 4) is 0 Å². The predicted octanol–water partition coefficient (Wildman–Crippen LogP) is 0.819. The van der Waals surface area contributed by atoms with Gasteiger partial charge in [0.2, 0.25) is 4.96 Å². The molecule has 7 nitrogen and oxygen atoms in total. The van der Waals surface area contributed by atoms with Crippen LogP contribution >= 0.6 is 11.3 Å². The van der Waals surface area contributed by atoms with E-state index in [2.05, 4.69) is 25.6 Å². The molecule has 0 saturated heterocycles. The highest BCUT2D eigenvalue weighted by atomic mass is 32.1. The van der Waals surface area contributed by atoms with Crippen LogP contribution in [0.1, 0.15) is 21.2 Å². The van der Waals surface area contributed by atoms with E-state index >= 15 is 0 Å². The summed E-state index contributed by atoms with van der Waals surface area (Å²) in [5.74, 6) is 0.586. The largest absolute Gasteiger partial charge is 0.345 e. The number of fused-ring (bicyclic) bond motifs is 1. The lowest BCUT2D eigenvalue weighted by molar-refractivity contribution is 0.0950. The minimum absolute atomic E-state index is 0.148. The second kappa shape index (κ2) is 4.73. The maximum atomic E-state index is 11.8. The van der Waals surface area contributed by atoms with Crippen molar-refractivity contribution in [2.75, 3.05) is 0 Å². The first kappa shape index (κ1) is 11.7. The van der Waals surface area contributed by atoms with Gasteiger partial charge in [-0.05, 0) is 19.1 Å². The van der Waals surface area contributed by atoms with E-state index in [1.165, 1.54) is 11.3 Å². The summed E-state index contributed by atoms with van der Waals surface area (Å²) >= 11 is 1.41. The molecule has 0 saturated carbocycles. The number of nitrogens with zero attached hydrogens (tertiary/aromatic N) is 5. The number of rotatable bonds is 3. The van der Waals surface area contributed by atoms with E-state index in [0.29, 0.717) is 12.1 Å². The molecule has 0 atom stereocenters. The average molecular weight is 274 g/mol. The van der Waals surface area contributed by atoms with Crippen LogP contribution in [0.3, 0.4) is 0 Å². The number of carbonyl (C=O) groups is 1. The fraction of sp³-hybridized carbons (Fsp3) is 0.182. The molecule has 8 heteroatoms. The third-order valence-corrected chi connectivity index (χ3v) is 3.43. The topological polar surface area (TPSA) is 85.1 Å². The average Bonchev–Trinajstić information content (AvgIpc) is 2.99. The van der Waals surface area contributed by atoms with E-state index in [1.54, 1.807) is 29.0 Å². The Bertz CT molecular complexity index is 719. The van der Waals surface area contributed by atoms with Crippen molar-refractivity contribution in [1.29, 1.82) is 0 Å². The van der Waals surface area contributed by atoms with E-state index in [9.17, 15) is 4.79 Å². The van der Waals surface area contributed by atoms with Crippen molar-refractivity contribution >= 4 is 22.2 Å². The molecule has 1 N–H and O–H groups in total. The van der Waals surface area contributed by atoms with Gasteiger partial charge in [0.15, 0.2) is 5.82 Å². The zero-order valence-corrected chi connectivity index (χ0v) is 10.9. The number of aromatic nitrogens is 5. The molecular weight excluding hydrogens is 264 g/mol. The first-order valence-corrected chi connectivity index (χ1v) is 6.41. The number of pyridine rings is 1. The van der Waals surface area contributed by atoms with E-state index in [4.69, 9.17) is 0 Å². The molecule has 1 amide bonds. The molecule has 0 fully saturated rings. The van der Waals surface area contributed by atoms with Gasteiger partial charge >= 0.3 is 0 Å². The Labute approximate surface area is 112 Å². The molecule has 96 valence electrons. The van der Waals surface area contributed by atoms with E-state index in [1.807, 2.05) is 6.92 Å². The Kier molecular flexibility index (Phi) is 2.92. The van der Waals surface area contributed by atoms with Crippen LogP contribution in [0.4, 0.5) is 0 Å². The molecule has 19 heavy (non-hydrogen) atoms. The van der Waals surface area contributed by atoms with Gasteiger partial charge in [-0.3, -0.25) is 9.78 Å². The molecule has 0 radical (unpaired) electrons. The third kappa shape index (κ3) is 2.29. The van der Waals surface area contributed by atoms with Crippen LogP contribution < -0.4 is 5.32 Å². The van der Waals surface area contributed by atoms with Crippen molar-refractivity contribution in [3.05, 3.63) is 40.9 Å². The van der Waals surface area contributed by atoms with Gasteiger partial charge in [-0.15, -0.1) is 10.2 Å². The van der Waals surface area contributed by atoms with Crippen LogP contribution in [-0.2, 0) is 6.54 Å².